The van der Waals surface area contributed by atoms with E-state index in [0.29, 0.717) is 36.7 Å². The Balaban J connectivity index is 1.46. The second-order valence-corrected chi connectivity index (χ2v) is 10.3. The fourth-order valence-corrected chi connectivity index (χ4v) is 6.55. The van der Waals surface area contributed by atoms with Gasteiger partial charge in [-0.1, -0.05) is 24.3 Å². The van der Waals surface area contributed by atoms with Gasteiger partial charge in [0.1, 0.15) is 10.0 Å². The van der Waals surface area contributed by atoms with Crippen LogP contribution in [0.1, 0.15) is 22.9 Å². The van der Waals surface area contributed by atoms with Crippen LogP contribution in [0.15, 0.2) is 48.5 Å². The van der Waals surface area contributed by atoms with Gasteiger partial charge in [-0.15, -0.1) is 22.7 Å². The van der Waals surface area contributed by atoms with Gasteiger partial charge in [-0.3, -0.25) is 14.9 Å². The van der Waals surface area contributed by atoms with Crippen molar-refractivity contribution in [2.24, 2.45) is 0 Å². The van der Waals surface area contributed by atoms with E-state index in [0.717, 1.165) is 31.2 Å². The van der Waals surface area contributed by atoms with E-state index in [-0.39, 0.29) is 24.1 Å². The third kappa shape index (κ3) is 4.79. The molecule has 3 heterocycles. The molecule has 0 saturated heterocycles. The quantitative estimate of drug-likeness (QED) is 0.259. The molecule has 1 N–H and O–H groups in total. The summed E-state index contributed by atoms with van der Waals surface area (Å²) in [6.45, 7) is 3.03. The third-order valence-electron chi connectivity index (χ3n) is 5.86. The smallest absolute Gasteiger partial charge is 0.410 e. The number of aromatic nitrogens is 1. The van der Waals surface area contributed by atoms with Crippen molar-refractivity contribution in [3.8, 4) is 10.6 Å². The SMILES string of the molecule is CCOC(=O)N1CCc2c(sc(NC(=O)Cc3ccc([N+](=O)[O-])cc3)c2-c2nc3ccccc3s2)C1. The molecule has 0 fully saturated rings. The molecule has 36 heavy (non-hydrogen) atoms. The summed E-state index contributed by atoms with van der Waals surface area (Å²) >= 11 is 3.01. The van der Waals surface area contributed by atoms with Gasteiger partial charge in [0, 0.05) is 29.1 Å². The minimum Gasteiger partial charge on any atom is -0.450 e. The lowest BCUT2D eigenvalue weighted by Crippen LogP contribution is -2.35. The third-order valence-corrected chi connectivity index (χ3v) is 8.04. The number of hydrogen-bond donors (Lipinski definition) is 1. The number of thiophene rings is 1. The molecule has 0 saturated carbocycles. The topological polar surface area (TPSA) is 115 Å². The highest BCUT2D eigenvalue weighted by Gasteiger charge is 2.30. The highest BCUT2D eigenvalue weighted by molar-refractivity contribution is 7.22. The van der Waals surface area contributed by atoms with Gasteiger partial charge in [-0.25, -0.2) is 9.78 Å². The molecule has 0 radical (unpaired) electrons. The van der Waals surface area contributed by atoms with E-state index in [1.54, 1.807) is 35.3 Å². The second kappa shape index (κ2) is 10.0. The first-order chi connectivity index (χ1) is 17.4. The molecule has 5 rings (SSSR count). The molecule has 0 spiro atoms. The van der Waals surface area contributed by atoms with Gasteiger partial charge in [0.05, 0.1) is 34.7 Å². The number of ether oxygens (including phenoxy) is 1. The van der Waals surface area contributed by atoms with Gasteiger partial charge in [0.2, 0.25) is 5.91 Å². The Morgan fingerprint density at radius 1 is 1.17 bits per heavy atom. The zero-order chi connectivity index (χ0) is 25.2. The Morgan fingerprint density at radius 3 is 2.67 bits per heavy atom. The number of carbonyl (C=O) groups is 2. The van der Waals surface area contributed by atoms with Crippen LogP contribution in [0.2, 0.25) is 0 Å². The van der Waals surface area contributed by atoms with Gasteiger partial charge in [-0.05, 0) is 36.6 Å². The summed E-state index contributed by atoms with van der Waals surface area (Å²) in [5, 5.41) is 15.5. The minimum absolute atomic E-state index is 0.0191. The molecule has 1 aliphatic heterocycles. The van der Waals surface area contributed by atoms with E-state index >= 15 is 0 Å². The Morgan fingerprint density at radius 2 is 1.94 bits per heavy atom. The molecule has 9 nitrogen and oxygen atoms in total. The Kier molecular flexibility index (Phi) is 6.66. The van der Waals surface area contributed by atoms with Crippen molar-refractivity contribution in [3.63, 3.8) is 0 Å². The number of nitro groups is 1. The fourth-order valence-electron chi connectivity index (χ4n) is 4.16. The number of thiazole rings is 1. The summed E-state index contributed by atoms with van der Waals surface area (Å²) < 4.78 is 6.24. The average Bonchev–Trinajstić information content (AvgIpc) is 3.44. The maximum absolute atomic E-state index is 13.0. The first kappa shape index (κ1) is 23.9. The lowest BCUT2D eigenvalue weighted by molar-refractivity contribution is -0.384. The molecular formula is C25H22N4O5S2. The maximum atomic E-state index is 13.0. The van der Waals surface area contributed by atoms with Gasteiger partial charge < -0.3 is 15.0 Å². The molecule has 1 aliphatic rings. The second-order valence-electron chi connectivity index (χ2n) is 8.21. The number of nitrogens with one attached hydrogen (secondary N) is 1. The predicted molar refractivity (Wildman–Crippen MR) is 139 cm³/mol. The number of carbonyl (C=O) groups excluding carboxylic acids is 2. The first-order valence-corrected chi connectivity index (χ1v) is 13.0. The van der Waals surface area contributed by atoms with Crippen molar-refractivity contribution in [3.05, 3.63) is 74.6 Å². The molecular weight excluding hydrogens is 500 g/mol. The molecule has 0 unspecified atom stereocenters. The molecule has 0 atom stereocenters. The van der Waals surface area contributed by atoms with Crippen LogP contribution in [-0.2, 0) is 28.9 Å². The fraction of sp³-hybridized carbons (Fsp3) is 0.240. The summed E-state index contributed by atoms with van der Waals surface area (Å²) in [4.78, 5) is 43.2. The van der Waals surface area contributed by atoms with Crippen molar-refractivity contribution >= 4 is 55.6 Å². The van der Waals surface area contributed by atoms with Gasteiger partial charge in [-0.2, -0.15) is 0 Å². The summed E-state index contributed by atoms with van der Waals surface area (Å²) in [7, 11) is 0. The van der Waals surface area contributed by atoms with Crippen LogP contribution in [0.25, 0.3) is 20.8 Å². The summed E-state index contributed by atoms with van der Waals surface area (Å²) in [5.41, 5.74) is 3.54. The van der Waals surface area contributed by atoms with Gasteiger partial charge >= 0.3 is 6.09 Å². The highest BCUT2D eigenvalue weighted by Crippen LogP contribution is 2.45. The zero-order valence-electron chi connectivity index (χ0n) is 19.4. The number of nitro benzene ring substituents is 1. The Labute approximate surface area is 214 Å². The van der Waals surface area contributed by atoms with Crippen LogP contribution in [0, 0.1) is 10.1 Å². The Bertz CT molecular complexity index is 1430. The number of nitrogens with zero attached hydrogens (tertiary/aromatic N) is 3. The van der Waals surface area contributed by atoms with E-state index < -0.39 is 4.92 Å². The monoisotopic (exact) mass is 522 g/mol. The molecule has 2 aromatic heterocycles. The lowest BCUT2D eigenvalue weighted by atomic mass is 10.0. The molecule has 2 aromatic carbocycles. The molecule has 0 aliphatic carbocycles. The van der Waals surface area contributed by atoms with Crippen LogP contribution in [0.3, 0.4) is 0 Å². The average molecular weight is 523 g/mol. The van der Waals surface area contributed by atoms with Crippen LogP contribution >= 0.6 is 22.7 Å². The van der Waals surface area contributed by atoms with E-state index in [4.69, 9.17) is 9.72 Å². The number of fused-ring (bicyclic) bond motifs is 2. The van der Waals surface area contributed by atoms with Crippen molar-refractivity contribution in [2.75, 3.05) is 18.5 Å². The van der Waals surface area contributed by atoms with Crippen molar-refractivity contribution in [2.45, 2.75) is 26.3 Å². The number of amides is 2. The molecule has 11 heteroatoms. The van der Waals surface area contributed by atoms with Crippen LogP contribution < -0.4 is 5.32 Å². The Hall–Kier alpha value is -3.83. The van der Waals surface area contributed by atoms with Gasteiger partial charge in [0.25, 0.3) is 5.69 Å². The van der Waals surface area contributed by atoms with Gasteiger partial charge in [0.15, 0.2) is 0 Å². The van der Waals surface area contributed by atoms with Crippen molar-refractivity contribution in [1.82, 2.24) is 9.88 Å². The summed E-state index contributed by atoms with van der Waals surface area (Å²) in [6.07, 6.45) is 0.366. The number of benzene rings is 2. The normalized spacial score (nSPS) is 12.9. The van der Waals surface area contributed by atoms with Crippen LogP contribution in [0.5, 0.6) is 0 Å². The number of rotatable bonds is 6. The zero-order valence-corrected chi connectivity index (χ0v) is 21.0. The minimum atomic E-state index is -0.468. The molecule has 2 amide bonds. The lowest BCUT2D eigenvalue weighted by Gasteiger charge is -2.26. The number of hydrogen-bond acceptors (Lipinski definition) is 8. The van der Waals surface area contributed by atoms with Crippen LogP contribution in [0.4, 0.5) is 15.5 Å². The number of anilines is 1. The van der Waals surface area contributed by atoms with Crippen LogP contribution in [-0.4, -0.2) is 40.0 Å². The maximum Gasteiger partial charge on any atom is 0.410 e. The summed E-state index contributed by atoms with van der Waals surface area (Å²) in [6, 6.07) is 13.8. The molecule has 0 bridgehead atoms. The first-order valence-electron chi connectivity index (χ1n) is 11.4. The highest BCUT2D eigenvalue weighted by atomic mass is 32.1. The van der Waals surface area contributed by atoms with Crippen molar-refractivity contribution in [1.29, 1.82) is 0 Å². The molecule has 184 valence electrons. The summed E-state index contributed by atoms with van der Waals surface area (Å²) in [5.74, 6) is -0.230. The standard InChI is InChI=1S/C25H22N4O5S2/c1-2-34-25(31)28-12-11-17-20(14-28)36-24(22(17)23-26-18-5-3-4-6-19(18)35-23)27-21(30)13-15-7-9-16(10-8-15)29(32)33/h3-10H,2,11-14H2,1H3,(H,27,30). The predicted octanol–water partition coefficient (Wildman–Crippen LogP) is 5.63. The number of non-ortho nitro benzene ring substituents is 1. The van der Waals surface area contributed by atoms with E-state index in [9.17, 15) is 19.7 Å². The largest absolute Gasteiger partial charge is 0.450 e. The van der Waals surface area contributed by atoms with E-state index in [1.165, 1.54) is 23.5 Å². The molecule has 4 aromatic rings. The van der Waals surface area contributed by atoms with E-state index in [2.05, 4.69) is 5.32 Å². The number of para-hydroxylation sites is 1. The van der Waals surface area contributed by atoms with E-state index in [1.807, 2.05) is 24.3 Å². The van der Waals surface area contributed by atoms with Crippen molar-refractivity contribution < 1.29 is 19.2 Å².